The van der Waals surface area contributed by atoms with Crippen molar-refractivity contribution in [3.8, 4) is 0 Å². The fourth-order valence-corrected chi connectivity index (χ4v) is 1.80. The molecule has 0 aromatic heterocycles. The van der Waals surface area contributed by atoms with Crippen LogP contribution in [-0.4, -0.2) is 26.2 Å². The summed E-state index contributed by atoms with van der Waals surface area (Å²) in [6, 6.07) is 0.0810. The number of carbonyl (C=O) groups is 1. The molecule has 0 saturated heterocycles. The van der Waals surface area contributed by atoms with Crippen molar-refractivity contribution in [2.24, 2.45) is 5.92 Å². The molecule has 14 heavy (non-hydrogen) atoms. The molecule has 0 radical (unpaired) electrons. The van der Waals surface area contributed by atoms with Gasteiger partial charge in [0.05, 0.1) is 12.7 Å². The molecule has 2 atom stereocenters. The van der Waals surface area contributed by atoms with E-state index in [9.17, 15) is 4.79 Å². The summed E-state index contributed by atoms with van der Waals surface area (Å²) in [5, 5.41) is 3.15. The van der Waals surface area contributed by atoms with E-state index in [0.717, 1.165) is 6.42 Å². The van der Waals surface area contributed by atoms with Gasteiger partial charge in [-0.15, -0.1) is 0 Å². The maximum absolute atomic E-state index is 11.4. The summed E-state index contributed by atoms with van der Waals surface area (Å²) in [5.41, 5.74) is 0.712. The molecule has 0 amide bonds. The molecule has 0 bridgehead atoms. The molecule has 1 N–H and O–H groups in total. The van der Waals surface area contributed by atoms with E-state index in [4.69, 9.17) is 4.74 Å². The maximum Gasteiger partial charge on any atom is 0.335 e. The third-order valence-corrected chi connectivity index (χ3v) is 2.60. The number of methoxy groups -OCH3 is 1. The number of hydrogen-bond donors (Lipinski definition) is 1. The number of carbonyl (C=O) groups excluding carboxylic acids is 1. The van der Waals surface area contributed by atoms with E-state index in [1.807, 2.05) is 19.2 Å². The van der Waals surface area contributed by atoms with Crippen molar-refractivity contribution in [2.45, 2.75) is 19.4 Å². The van der Waals surface area contributed by atoms with Crippen LogP contribution in [0.1, 0.15) is 13.3 Å². The minimum Gasteiger partial charge on any atom is -0.466 e. The second-order valence-corrected chi connectivity index (χ2v) is 3.34. The molecule has 0 aromatic carbocycles. The largest absolute Gasteiger partial charge is 0.466 e. The Morgan fingerprint density at radius 3 is 2.86 bits per heavy atom. The fraction of sp³-hybridized carbons (Fsp3) is 0.545. The Labute approximate surface area is 84.8 Å². The Hall–Kier alpha value is -1.09. The quantitative estimate of drug-likeness (QED) is 0.689. The first-order valence-electron chi connectivity index (χ1n) is 4.88. The van der Waals surface area contributed by atoms with Crippen LogP contribution in [-0.2, 0) is 9.53 Å². The molecule has 0 aromatic rings. The van der Waals surface area contributed by atoms with Gasteiger partial charge in [0.2, 0.25) is 0 Å². The van der Waals surface area contributed by atoms with Crippen molar-refractivity contribution in [3.05, 3.63) is 23.8 Å². The summed E-state index contributed by atoms with van der Waals surface area (Å²) < 4.78 is 4.73. The Balaban J connectivity index is 2.87. The Kier molecular flexibility index (Phi) is 3.89. The molecule has 3 heteroatoms. The van der Waals surface area contributed by atoms with Crippen molar-refractivity contribution >= 4 is 5.97 Å². The van der Waals surface area contributed by atoms with Crippen LogP contribution in [0, 0.1) is 5.92 Å². The van der Waals surface area contributed by atoms with Crippen LogP contribution in [0.2, 0.25) is 0 Å². The number of ether oxygens (including phenoxy) is 1. The van der Waals surface area contributed by atoms with Crippen molar-refractivity contribution in [1.29, 1.82) is 0 Å². The van der Waals surface area contributed by atoms with Crippen LogP contribution in [0.5, 0.6) is 0 Å². The molecule has 78 valence electrons. The Morgan fingerprint density at radius 1 is 1.64 bits per heavy atom. The number of rotatable bonds is 3. The smallest absolute Gasteiger partial charge is 0.335 e. The molecular formula is C11H17NO2. The van der Waals surface area contributed by atoms with E-state index in [1.165, 1.54) is 7.11 Å². The monoisotopic (exact) mass is 195 g/mol. The lowest BCUT2D eigenvalue weighted by Gasteiger charge is -2.26. The lowest BCUT2D eigenvalue weighted by Crippen LogP contribution is -2.38. The topological polar surface area (TPSA) is 38.3 Å². The molecule has 1 aliphatic rings. The zero-order chi connectivity index (χ0) is 10.6. The SMILES string of the molecule is CCC1C=CC=C(C(=O)OC)C1NC. The highest BCUT2D eigenvalue weighted by Crippen LogP contribution is 2.22. The molecule has 0 spiro atoms. The van der Waals surface area contributed by atoms with Gasteiger partial charge in [-0.2, -0.15) is 0 Å². The van der Waals surface area contributed by atoms with E-state index in [1.54, 1.807) is 0 Å². The van der Waals surface area contributed by atoms with E-state index in [-0.39, 0.29) is 12.0 Å². The van der Waals surface area contributed by atoms with Gasteiger partial charge >= 0.3 is 5.97 Å². The predicted octanol–water partition coefficient (Wildman–Crippen LogP) is 1.27. The number of hydrogen-bond acceptors (Lipinski definition) is 3. The molecule has 1 aliphatic carbocycles. The summed E-state index contributed by atoms with van der Waals surface area (Å²) in [4.78, 5) is 11.4. The first-order chi connectivity index (χ1) is 6.74. The number of likely N-dealkylation sites (N-methyl/N-ethyl adjacent to an activating group) is 1. The minimum absolute atomic E-state index is 0.0810. The molecule has 2 unspecified atom stereocenters. The summed E-state index contributed by atoms with van der Waals surface area (Å²) in [7, 11) is 3.28. The average molecular weight is 195 g/mol. The molecule has 0 saturated carbocycles. The highest BCUT2D eigenvalue weighted by atomic mass is 16.5. The minimum atomic E-state index is -0.243. The van der Waals surface area contributed by atoms with E-state index >= 15 is 0 Å². The zero-order valence-electron chi connectivity index (χ0n) is 8.91. The fourth-order valence-electron chi connectivity index (χ4n) is 1.80. The molecular weight excluding hydrogens is 178 g/mol. The third-order valence-electron chi connectivity index (χ3n) is 2.60. The van der Waals surface area contributed by atoms with Crippen LogP contribution >= 0.6 is 0 Å². The normalized spacial score (nSPS) is 25.8. The Bertz CT molecular complexity index is 268. The van der Waals surface area contributed by atoms with E-state index < -0.39 is 0 Å². The summed E-state index contributed by atoms with van der Waals surface area (Å²) in [5.74, 6) is 0.131. The van der Waals surface area contributed by atoms with Crippen LogP contribution in [0.3, 0.4) is 0 Å². The van der Waals surface area contributed by atoms with Crippen molar-refractivity contribution < 1.29 is 9.53 Å². The number of esters is 1. The van der Waals surface area contributed by atoms with E-state index in [2.05, 4.69) is 18.3 Å². The van der Waals surface area contributed by atoms with Gasteiger partial charge in [0.1, 0.15) is 0 Å². The average Bonchev–Trinajstić information content (AvgIpc) is 2.26. The van der Waals surface area contributed by atoms with Gasteiger partial charge in [0, 0.05) is 6.04 Å². The van der Waals surface area contributed by atoms with Gasteiger partial charge in [0.15, 0.2) is 0 Å². The van der Waals surface area contributed by atoms with Gasteiger partial charge in [-0.3, -0.25) is 0 Å². The van der Waals surface area contributed by atoms with Gasteiger partial charge in [0.25, 0.3) is 0 Å². The van der Waals surface area contributed by atoms with Gasteiger partial charge in [-0.1, -0.05) is 25.2 Å². The molecule has 0 heterocycles. The number of allylic oxidation sites excluding steroid dienone is 2. The van der Waals surface area contributed by atoms with Crippen LogP contribution in [0.25, 0.3) is 0 Å². The zero-order valence-corrected chi connectivity index (χ0v) is 8.91. The summed E-state index contributed by atoms with van der Waals surface area (Å²) in [6.07, 6.45) is 6.87. The second kappa shape index (κ2) is 4.96. The van der Waals surface area contributed by atoms with Crippen LogP contribution in [0.15, 0.2) is 23.8 Å². The highest BCUT2D eigenvalue weighted by Gasteiger charge is 2.27. The van der Waals surface area contributed by atoms with Gasteiger partial charge in [-0.25, -0.2) is 4.79 Å². The molecule has 0 aliphatic heterocycles. The first-order valence-corrected chi connectivity index (χ1v) is 4.88. The Morgan fingerprint density at radius 2 is 2.36 bits per heavy atom. The van der Waals surface area contributed by atoms with Crippen LogP contribution in [0.4, 0.5) is 0 Å². The number of nitrogens with one attached hydrogen (secondary N) is 1. The molecule has 3 nitrogen and oxygen atoms in total. The van der Waals surface area contributed by atoms with Crippen molar-refractivity contribution in [1.82, 2.24) is 5.32 Å². The lowest BCUT2D eigenvalue weighted by molar-refractivity contribution is -0.136. The first kappa shape index (κ1) is 11.0. The second-order valence-electron chi connectivity index (χ2n) is 3.34. The summed E-state index contributed by atoms with van der Waals surface area (Å²) in [6.45, 7) is 2.11. The van der Waals surface area contributed by atoms with Crippen molar-refractivity contribution in [2.75, 3.05) is 14.2 Å². The van der Waals surface area contributed by atoms with Crippen molar-refractivity contribution in [3.63, 3.8) is 0 Å². The lowest BCUT2D eigenvalue weighted by atomic mass is 9.87. The van der Waals surface area contributed by atoms with Gasteiger partial charge in [-0.05, 0) is 19.4 Å². The molecule has 1 rings (SSSR count). The predicted molar refractivity (Wildman–Crippen MR) is 55.9 cm³/mol. The third kappa shape index (κ3) is 2.04. The summed E-state index contributed by atoms with van der Waals surface area (Å²) >= 11 is 0. The van der Waals surface area contributed by atoms with Crippen LogP contribution < -0.4 is 5.32 Å². The molecule has 0 fully saturated rings. The highest BCUT2D eigenvalue weighted by molar-refractivity contribution is 5.90. The maximum atomic E-state index is 11.4. The van der Waals surface area contributed by atoms with E-state index in [0.29, 0.717) is 11.5 Å². The van der Waals surface area contributed by atoms with Gasteiger partial charge < -0.3 is 10.1 Å². The standard InChI is InChI=1S/C11H17NO2/c1-4-8-6-5-7-9(10(8)12-2)11(13)14-3/h5-8,10,12H,4H2,1-3H3.